The van der Waals surface area contributed by atoms with Gasteiger partial charge < -0.3 is 0 Å². The summed E-state index contributed by atoms with van der Waals surface area (Å²) in [6.45, 7) is 0. The van der Waals surface area contributed by atoms with Crippen molar-refractivity contribution >= 4 is 37.2 Å². The molecule has 200 valence electrons. The molecular weight excluding hydrogens is 612 g/mol. The summed E-state index contributed by atoms with van der Waals surface area (Å²) in [4.78, 5) is 0. The first-order valence-corrected chi connectivity index (χ1v) is 9.95. The van der Waals surface area contributed by atoms with Gasteiger partial charge in [-0.05, 0) is 0 Å². The topological polar surface area (TPSA) is 239 Å². The van der Waals surface area contributed by atoms with E-state index >= 15 is 0 Å². The Balaban J connectivity index is -0.00000000468. The molecule has 0 rings (SSSR count). The summed E-state index contributed by atoms with van der Waals surface area (Å²) >= 11 is -6.00. The van der Waals surface area contributed by atoms with Crippen molar-refractivity contribution in [3.63, 3.8) is 0 Å². The molecule has 0 aliphatic carbocycles. The predicted molar refractivity (Wildman–Crippen MR) is 107 cm³/mol. The minimum absolute atomic E-state index is 0. The molecule has 21 heteroatoms. The Morgan fingerprint density at radius 2 is 0.312 bits per heavy atom. The summed E-state index contributed by atoms with van der Waals surface area (Å²) in [6.07, 6.45) is 0. The Morgan fingerprint density at radius 1 is 0.312 bits per heavy atom. The Kier molecular flexibility index (Phi) is 2320. The van der Waals surface area contributed by atoms with Gasteiger partial charge in [0.25, 0.3) is 0 Å². The molecule has 0 radical (unpaired) electrons. The average molecular weight is 658 g/mol. The molecule has 0 N–H and O–H groups in total. The first-order chi connectivity index (χ1) is 10.9. The molecule has 0 unspecified atom stereocenters. The molecule has 0 amide bonds. The summed E-state index contributed by atoms with van der Waals surface area (Å²) in [6, 6.07) is 0. The van der Waals surface area contributed by atoms with Gasteiger partial charge in [0.2, 0.25) is 0 Å². The van der Waals surface area contributed by atoms with E-state index in [0.717, 1.165) is 0 Å². The van der Waals surface area contributed by atoms with Crippen LogP contribution in [0.1, 0.15) is 83.0 Å². The Bertz CT molecular complexity index is 327. The third-order valence-electron chi connectivity index (χ3n) is 0. The van der Waals surface area contributed by atoms with Gasteiger partial charge in [-0.3, -0.25) is 35.7 Å². The molecule has 0 aromatic heterocycles. The standard InChI is InChI=1S/11CH4.4O2Si.6O.3Ti/c;;;;;;;;;;;4*1-3-2;;;;;;;;;/h11*1H4;;;;;;;;;;;;;/i1T;;;;;;;;;;;;;;;;;;;;;;;. The Labute approximate surface area is 231 Å². The Morgan fingerprint density at radius 3 is 0.312 bits per heavy atom. The summed E-state index contributed by atoms with van der Waals surface area (Å²) in [5.74, 6) is 0. The van der Waals surface area contributed by atoms with E-state index in [4.69, 9.17) is 57.0 Å². The second-order valence-electron chi connectivity index (χ2n) is 0.583. The first-order valence-electron chi connectivity index (χ1n) is 3.86. The second-order valence-corrected chi connectivity index (χ2v) is 2.03. The van der Waals surface area contributed by atoms with Crippen LogP contribution < -0.4 is 0 Å². The van der Waals surface area contributed by atoms with Gasteiger partial charge in [0, 0.05) is 1.37 Å². The SMILES string of the molecule is C.C.C.C.C.C.C.C.C.C.O=[Si]=O.O=[Si]=O.O=[Si]=O.O=[Si]=O.[3H]C.[O]=[Ti]=[O].[O]=[Ti]=[O].[O]=[Ti]=[O]. The van der Waals surface area contributed by atoms with Crippen molar-refractivity contribution < 1.29 is 114 Å². The third kappa shape index (κ3) is 582000. The predicted octanol–water partition coefficient (Wildman–Crippen LogP) is 3.80. The van der Waals surface area contributed by atoms with Crippen LogP contribution in [0.2, 0.25) is 0 Å². The van der Waals surface area contributed by atoms with E-state index in [2.05, 4.69) is 0 Å². The zero-order chi connectivity index (χ0) is 20.9. The van der Waals surface area contributed by atoms with E-state index in [-0.39, 0.29) is 74.3 Å². The first kappa shape index (κ1) is 136. The number of hydrogen-bond donors (Lipinski definition) is 0. The van der Waals surface area contributed by atoms with Gasteiger partial charge in [-0.1, -0.05) is 81.7 Å². The third-order valence-corrected chi connectivity index (χ3v) is 0. The van der Waals surface area contributed by atoms with E-state index in [1.165, 1.54) is 7.40 Å². The molecule has 0 aromatic carbocycles. The molecule has 0 aromatic rings. The van der Waals surface area contributed by atoms with E-state index in [9.17, 15) is 0 Å². The van der Waals surface area contributed by atoms with Crippen molar-refractivity contribution in [2.75, 3.05) is 0 Å². The molecule has 32 heavy (non-hydrogen) atoms. The molecule has 0 heterocycles. The molecule has 0 atom stereocenters. The number of hydrogen-bond acceptors (Lipinski definition) is 14. The average Bonchev–Trinajstić information content (AvgIpc) is 2.46. The molecule has 0 fully saturated rings. The van der Waals surface area contributed by atoms with Crippen LogP contribution in [0.25, 0.3) is 0 Å². The minimum atomic E-state index is -2.00. The van der Waals surface area contributed by atoms with Crippen LogP contribution in [-0.4, -0.2) is 37.2 Å². The summed E-state index contributed by atoms with van der Waals surface area (Å²) in [5, 5.41) is 0. The van der Waals surface area contributed by atoms with Gasteiger partial charge >= 0.3 is 114 Å². The second kappa shape index (κ2) is 548. The molecule has 0 aliphatic rings. The van der Waals surface area contributed by atoms with Crippen LogP contribution in [0.3, 0.4) is 0 Å². The van der Waals surface area contributed by atoms with Crippen LogP contribution in [0.15, 0.2) is 0 Å². The maximum absolute atomic E-state index is 8.50. The van der Waals surface area contributed by atoms with Gasteiger partial charge in [0.15, 0.2) is 0 Å². The van der Waals surface area contributed by atoms with Gasteiger partial charge in [-0.15, -0.1) is 0 Å². The van der Waals surface area contributed by atoms with Gasteiger partial charge in [-0.25, -0.2) is 0 Å². The van der Waals surface area contributed by atoms with Gasteiger partial charge in [0.05, 0.1) is 0 Å². The monoisotopic (exact) mass is 658 g/mol. The van der Waals surface area contributed by atoms with Gasteiger partial charge in [-0.2, -0.15) is 0 Å². The van der Waals surface area contributed by atoms with E-state index < -0.39 is 94.4 Å². The molecule has 0 aliphatic heterocycles. The van der Waals surface area contributed by atoms with Crippen molar-refractivity contribution in [2.45, 2.75) is 81.7 Å². The fourth-order valence-electron chi connectivity index (χ4n) is 0. The summed E-state index contributed by atoms with van der Waals surface area (Å²) < 4.78 is 124. The molecule has 0 saturated heterocycles. The number of rotatable bonds is 0. The fourth-order valence-corrected chi connectivity index (χ4v) is 0. The van der Waals surface area contributed by atoms with Crippen LogP contribution in [-0.2, 0) is 113 Å². The van der Waals surface area contributed by atoms with Gasteiger partial charge in [0.1, 0.15) is 0 Å². The molecule has 14 nitrogen and oxygen atoms in total. The van der Waals surface area contributed by atoms with Crippen LogP contribution in [0, 0.1) is 0 Å². The summed E-state index contributed by atoms with van der Waals surface area (Å²) in [7, 11) is -4.42. The van der Waals surface area contributed by atoms with Crippen molar-refractivity contribution in [3.05, 3.63) is 0 Å². The van der Waals surface area contributed by atoms with E-state index in [1.54, 1.807) is 0 Å². The summed E-state index contributed by atoms with van der Waals surface area (Å²) in [5.41, 5.74) is 0. The molecule has 0 saturated carbocycles. The quantitative estimate of drug-likeness (QED) is 0.336. The van der Waals surface area contributed by atoms with Crippen LogP contribution in [0.5, 0.6) is 0 Å². The molecular formula is C11H44O14Si4Ti3. The fraction of sp³-hybridized carbons (Fsp3) is 1.00. The van der Waals surface area contributed by atoms with Crippen molar-refractivity contribution in [2.24, 2.45) is 0 Å². The molecule has 0 bridgehead atoms. The van der Waals surface area contributed by atoms with Crippen molar-refractivity contribution in [3.8, 4) is 0 Å². The van der Waals surface area contributed by atoms with E-state index in [0.29, 0.717) is 0 Å². The van der Waals surface area contributed by atoms with E-state index in [1.807, 2.05) is 0 Å². The van der Waals surface area contributed by atoms with Crippen molar-refractivity contribution in [1.82, 2.24) is 0 Å². The van der Waals surface area contributed by atoms with Crippen molar-refractivity contribution in [1.29, 1.82) is 0 Å². The van der Waals surface area contributed by atoms with Crippen LogP contribution >= 0.6 is 0 Å². The van der Waals surface area contributed by atoms with Crippen LogP contribution in [0.4, 0.5) is 0 Å². The zero-order valence-electron chi connectivity index (χ0n) is 11.2. The Hall–Kier alpha value is 0.210. The zero-order valence-corrected chi connectivity index (χ0v) is 18.9. The molecule has 0 spiro atoms. The normalized spacial score (nSPS) is 1.97. The maximum atomic E-state index is 8.50.